The highest BCUT2D eigenvalue weighted by atomic mass is 16.5. The highest BCUT2D eigenvalue weighted by Gasteiger charge is 2.24. The first-order valence-corrected chi connectivity index (χ1v) is 8.12. The number of hydrogen-bond acceptors (Lipinski definition) is 3. The summed E-state index contributed by atoms with van der Waals surface area (Å²) in [6.07, 6.45) is 4.39. The molecule has 0 aliphatic heterocycles. The first-order valence-electron chi connectivity index (χ1n) is 8.12. The number of carbonyl (C=O) groups is 2. The zero-order valence-corrected chi connectivity index (χ0v) is 14.0. The first-order chi connectivity index (χ1) is 11.1. The van der Waals surface area contributed by atoms with Crippen molar-refractivity contribution in [3.63, 3.8) is 0 Å². The number of ketones is 1. The minimum absolute atomic E-state index is 0.375. The van der Waals surface area contributed by atoms with Crippen molar-refractivity contribution in [3.8, 4) is 5.75 Å². The highest BCUT2D eigenvalue weighted by molar-refractivity contribution is 6.45. The van der Waals surface area contributed by atoms with Gasteiger partial charge < -0.3 is 14.6 Å². The molecule has 1 heterocycles. The number of nitrogens with zero attached hydrogens (tertiary/aromatic N) is 1. The van der Waals surface area contributed by atoms with Crippen LogP contribution in [0.4, 0.5) is 0 Å². The highest BCUT2D eigenvalue weighted by Crippen LogP contribution is 2.29. The molecule has 2 aromatic rings. The van der Waals surface area contributed by atoms with Gasteiger partial charge in [-0.3, -0.25) is 9.59 Å². The monoisotopic (exact) mass is 316 g/mol. The number of H-pyrrole nitrogens is 1. The number of fused-ring (bicyclic) bond motifs is 1. The van der Waals surface area contributed by atoms with Gasteiger partial charge in [-0.25, -0.2) is 0 Å². The number of aromatic amines is 1. The summed E-state index contributed by atoms with van der Waals surface area (Å²) in [5, 5.41) is 0.687. The van der Waals surface area contributed by atoms with Crippen LogP contribution in [-0.2, 0) is 4.79 Å². The number of Topliss-reactive ketones (excluding diaryl/α,β-unsaturated/α-hetero) is 1. The summed E-state index contributed by atoms with van der Waals surface area (Å²) >= 11 is 0. The fourth-order valence-electron chi connectivity index (χ4n) is 2.50. The number of aromatic nitrogens is 1. The summed E-state index contributed by atoms with van der Waals surface area (Å²) in [5.41, 5.74) is 1.17. The van der Waals surface area contributed by atoms with Crippen molar-refractivity contribution in [1.82, 2.24) is 9.88 Å². The second-order valence-electron chi connectivity index (χ2n) is 5.64. The molecule has 0 fully saturated rings. The van der Waals surface area contributed by atoms with Crippen LogP contribution in [0, 0.1) is 0 Å². The lowest BCUT2D eigenvalue weighted by atomic mass is 10.1. The van der Waals surface area contributed by atoms with Gasteiger partial charge in [0.05, 0.1) is 17.6 Å². The molecule has 0 saturated carbocycles. The molecular formula is C18H24N2O3. The second kappa shape index (κ2) is 7.81. The lowest BCUT2D eigenvalue weighted by Crippen LogP contribution is -2.33. The average molecular weight is 316 g/mol. The van der Waals surface area contributed by atoms with E-state index in [1.807, 2.05) is 25.1 Å². The standard InChI is InChI=1S/C18H24N2O3/c1-4-6-11-23-15-9-7-8-14-16(15)13(12-19-14)17(21)18(22)20(3)10-5-2/h7-9,12,19H,4-6,10-11H2,1-3H3. The quantitative estimate of drug-likeness (QED) is 0.461. The number of benzene rings is 1. The second-order valence-corrected chi connectivity index (χ2v) is 5.64. The van der Waals surface area contributed by atoms with E-state index in [0.29, 0.717) is 29.9 Å². The summed E-state index contributed by atoms with van der Waals surface area (Å²) in [4.78, 5) is 29.3. The zero-order chi connectivity index (χ0) is 16.8. The molecule has 2 rings (SSSR count). The van der Waals surface area contributed by atoms with Crippen LogP contribution < -0.4 is 4.74 Å². The molecule has 0 aliphatic rings. The number of amides is 1. The molecule has 5 heteroatoms. The van der Waals surface area contributed by atoms with Crippen LogP contribution >= 0.6 is 0 Å². The maximum atomic E-state index is 12.6. The Morgan fingerprint density at radius 2 is 2.00 bits per heavy atom. The molecule has 1 amide bonds. The Hall–Kier alpha value is -2.30. The number of unbranched alkanes of at least 4 members (excludes halogenated alkanes) is 1. The molecule has 0 unspecified atom stereocenters. The van der Waals surface area contributed by atoms with E-state index in [2.05, 4.69) is 11.9 Å². The SMILES string of the molecule is CCCCOc1cccc2[nH]cc(C(=O)C(=O)N(C)CCC)c12. The topological polar surface area (TPSA) is 62.4 Å². The molecule has 1 aromatic carbocycles. The lowest BCUT2D eigenvalue weighted by molar-refractivity contribution is -0.125. The minimum atomic E-state index is -0.501. The van der Waals surface area contributed by atoms with E-state index >= 15 is 0 Å². The van der Waals surface area contributed by atoms with Gasteiger partial charge in [-0.05, 0) is 25.0 Å². The van der Waals surface area contributed by atoms with Gasteiger partial charge in [0.1, 0.15) is 5.75 Å². The predicted octanol–water partition coefficient (Wildman–Crippen LogP) is 3.40. The largest absolute Gasteiger partial charge is 0.493 e. The van der Waals surface area contributed by atoms with Crippen molar-refractivity contribution in [1.29, 1.82) is 0 Å². The fraction of sp³-hybridized carbons (Fsp3) is 0.444. The molecule has 0 bridgehead atoms. The Kier molecular flexibility index (Phi) is 5.79. The molecule has 0 spiro atoms. The van der Waals surface area contributed by atoms with E-state index in [0.717, 1.165) is 24.8 Å². The summed E-state index contributed by atoms with van der Waals surface area (Å²) in [6, 6.07) is 5.58. The molecule has 5 nitrogen and oxygen atoms in total. The normalized spacial score (nSPS) is 10.7. The predicted molar refractivity (Wildman–Crippen MR) is 91.0 cm³/mol. The van der Waals surface area contributed by atoms with E-state index in [4.69, 9.17) is 4.74 Å². The summed E-state index contributed by atoms with van der Waals surface area (Å²) in [6.45, 7) is 5.22. The van der Waals surface area contributed by atoms with Crippen molar-refractivity contribution in [2.24, 2.45) is 0 Å². The summed E-state index contributed by atoms with van der Waals surface area (Å²) < 4.78 is 5.80. The van der Waals surface area contributed by atoms with Gasteiger partial charge in [0.15, 0.2) is 0 Å². The third-order valence-corrected chi connectivity index (χ3v) is 3.77. The van der Waals surface area contributed by atoms with E-state index in [-0.39, 0.29) is 0 Å². The molecule has 23 heavy (non-hydrogen) atoms. The van der Waals surface area contributed by atoms with Crippen LogP contribution in [0.5, 0.6) is 5.75 Å². The fourth-order valence-corrected chi connectivity index (χ4v) is 2.50. The number of carbonyl (C=O) groups excluding carboxylic acids is 2. The maximum absolute atomic E-state index is 12.6. The Labute approximate surface area is 136 Å². The molecule has 0 aliphatic carbocycles. The third kappa shape index (κ3) is 3.73. The van der Waals surface area contributed by atoms with Crippen molar-refractivity contribution in [3.05, 3.63) is 30.0 Å². The Balaban J connectivity index is 2.33. The van der Waals surface area contributed by atoms with Gasteiger partial charge in [0.2, 0.25) is 0 Å². The van der Waals surface area contributed by atoms with Gasteiger partial charge in [-0.1, -0.05) is 26.3 Å². The van der Waals surface area contributed by atoms with Crippen molar-refractivity contribution in [2.75, 3.05) is 20.2 Å². The number of likely N-dealkylation sites (N-methyl/N-ethyl adjacent to an activating group) is 1. The Bertz CT molecular complexity index is 691. The van der Waals surface area contributed by atoms with Crippen molar-refractivity contribution >= 4 is 22.6 Å². The molecule has 124 valence electrons. The Morgan fingerprint density at radius 3 is 2.70 bits per heavy atom. The number of ether oxygens (including phenoxy) is 1. The molecule has 1 N–H and O–H groups in total. The Morgan fingerprint density at radius 1 is 1.22 bits per heavy atom. The average Bonchev–Trinajstić information content (AvgIpc) is 2.99. The lowest BCUT2D eigenvalue weighted by Gasteiger charge is -2.15. The number of nitrogens with one attached hydrogen (secondary N) is 1. The summed E-state index contributed by atoms with van der Waals surface area (Å²) in [5.74, 6) is -0.346. The van der Waals surface area contributed by atoms with Crippen LogP contribution in [-0.4, -0.2) is 41.8 Å². The van der Waals surface area contributed by atoms with E-state index in [1.54, 1.807) is 13.2 Å². The van der Waals surface area contributed by atoms with Crippen molar-refractivity contribution < 1.29 is 14.3 Å². The molecular weight excluding hydrogens is 292 g/mol. The zero-order valence-electron chi connectivity index (χ0n) is 14.0. The van der Waals surface area contributed by atoms with Crippen LogP contribution in [0.2, 0.25) is 0 Å². The summed E-state index contributed by atoms with van der Waals surface area (Å²) in [7, 11) is 1.65. The van der Waals surface area contributed by atoms with Crippen LogP contribution in [0.15, 0.2) is 24.4 Å². The van der Waals surface area contributed by atoms with E-state index in [9.17, 15) is 9.59 Å². The van der Waals surface area contributed by atoms with Crippen LogP contribution in [0.25, 0.3) is 10.9 Å². The van der Waals surface area contributed by atoms with Crippen LogP contribution in [0.3, 0.4) is 0 Å². The molecule has 1 aromatic heterocycles. The van der Waals surface area contributed by atoms with Gasteiger partial charge >= 0.3 is 0 Å². The van der Waals surface area contributed by atoms with Crippen molar-refractivity contribution in [2.45, 2.75) is 33.1 Å². The smallest absolute Gasteiger partial charge is 0.294 e. The molecule has 0 atom stereocenters. The number of hydrogen-bond donors (Lipinski definition) is 1. The van der Waals surface area contributed by atoms with Gasteiger partial charge in [0, 0.05) is 25.3 Å². The van der Waals surface area contributed by atoms with E-state index < -0.39 is 11.7 Å². The van der Waals surface area contributed by atoms with Gasteiger partial charge in [-0.2, -0.15) is 0 Å². The van der Waals surface area contributed by atoms with E-state index in [1.165, 1.54) is 4.90 Å². The molecule has 0 radical (unpaired) electrons. The van der Waals surface area contributed by atoms with Gasteiger partial charge in [-0.15, -0.1) is 0 Å². The molecule has 0 saturated heterocycles. The maximum Gasteiger partial charge on any atom is 0.294 e. The minimum Gasteiger partial charge on any atom is -0.493 e. The van der Waals surface area contributed by atoms with Gasteiger partial charge in [0.25, 0.3) is 11.7 Å². The van der Waals surface area contributed by atoms with Crippen LogP contribution in [0.1, 0.15) is 43.5 Å². The third-order valence-electron chi connectivity index (χ3n) is 3.77. The first kappa shape index (κ1) is 17.1. The number of rotatable bonds is 8.